The summed E-state index contributed by atoms with van der Waals surface area (Å²) in [6.07, 6.45) is 0. The van der Waals surface area contributed by atoms with Gasteiger partial charge in [0.2, 0.25) is 5.91 Å². The predicted molar refractivity (Wildman–Crippen MR) is 94.4 cm³/mol. The summed E-state index contributed by atoms with van der Waals surface area (Å²) >= 11 is 0. The number of benzene rings is 1. The molecule has 0 heterocycles. The van der Waals surface area contributed by atoms with Crippen LogP contribution in [0.1, 0.15) is 20.8 Å². The number of carbonyl (C=O) groups excluding carboxylic acids is 1. The number of para-hydroxylation sites is 1. The number of hydrogen-bond acceptors (Lipinski definition) is 2. The molecule has 0 fully saturated rings. The zero-order valence-corrected chi connectivity index (χ0v) is 14.5. The molecular weight excluding hydrogens is 367 g/mol. The lowest BCUT2D eigenvalue weighted by Crippen LogP contribution is -2.36. The third-order valence-corrected chi connectivity index (χ3v) is 2.41. The maximum atomic E-state index is 11.6. The standard InChI is InChI=1S/C14H22N4O.HI/c1-14(2,3)12(19)16-9-10-17-13(15)18-11-7-5-4-6-8-11;/h4-8H,9-10H2,1-3H3,(H,16,19)(H3,15,17,18);1H. The average Bonchev–Trinajstić information content (AvgIpc) is 2.34. The highest BCUT2D eigenvalue weighted by Gasteiger charge is 2.19. The Bertz CT molecular complexity index is 440. The normalized spacial score (nSPS) is 11.4. The minimum Gasteiger partial charge on any atom is -0.370 e. The van der Waals surface area contributed by atoms with Gasteiger partial charge >= 0.3 is 0 Å². The van der Waals surface area contributed by atoms with Crippen LogP contribution in [0.5, 0.6) is 0 Å². The van der Waals surface area contributed by atoms with Crippen molar-refractivity contribution in [2.24, 2.45) is 16.1 Å². The van der Waals surface area contributed by atoms with Crippen LogP contribution in [0.2, 0.25) is 0 Å². The van der Waals surface area contributed by atoms with Crippen LogP contribution in [0.25, 0.3) is 0 Å². The van der Waals surface area contributed by atoms with Crippen LogP contribution in [-0.2, 0) is 4.79 Å². The Morgan fingerprint density at radius 1 is 1.25 bits per heavy atom. The summed E-state index contributed by atoms with van der Waals surface area (Å²) in [4.78, 5) is 15.7. The number of rotatable bonds is 4. The van der Waals surface area contributed by atoms with Crippen molar-refractivity contribution in [2.75, 3.05) is 18.4 Å². The maximum absolute atomic E-state index is 11.6. The van der Waals surface area contributed by atoms with Crippen molar-refractivity contribution in [3.8, 4) is 0 Å². The first-order valence-electron chi connectivity index (χ1n) is 6.30. The number of hydrogen-bond donors (Lipinski definition) is 3. The van der Waals surface area contributed by atoms with E-state index >= 15 is 0 Å². The van der Waals surface area contributed by atoms with Crippen molar-refractivity contribution in [1.82, 2.24) is 5.32 Å². The molecule has 0 radical (unpaired) electrons. The number of halogens is 1. The number of anilines is 1. The number of aliphatic imine (C=N–C) groups is 1. The lowest BCUT2D eigenvalue weighted by atomic mass is 9.96. The van der Waals surface area contributed by atoms with E-state index in [2.05, 4.69) is 15.6 Å². The first-order chi connectivity index (χ1) is 8.89. The Morgan fingerprint density at radius 2 is 1.85 bits per heavy atom. The number of nitrogens with two attached hydrogens (primary N) is 1. The van der Waals surface area contributed by atoms with Gasteiger partial charge in [0, 0.05) is 17.6 Å². The Balaban J connectivity index is 0.00000361. The van der Waals surface area contributed by atoms with E-state index in [4.69, 9.17) is 5.73 Å². The summed E-state index contributed by atoms with van der Waals surface area (Å²) in [6, 6.07) is 9.58. The number of guanidine groups is 1. The smallest absolute Gasteiger partial charge is 0.225 e. The molecule has 1 aromatic carbocycles. The van der Waals surface area contributed by atoms with Crippen molar-refractivity contribution in [3.63, 3.8) is 0 Å². The Hall–Kier alpha value is -1.31. The monoisotopic (exact) mass is 390 g/mol. The fourth-order valence-electron chi connectivity index (χ4n) is 1.32. The van der Waals surface area contributed by atoms with Gasteiger partial charge in [-0.2, -0.15) is 0 Å². The maximum Gasteiger partial charge on any atom is 0.225 e. The van der Waals surface area contributed by atoms with Gasteiger partial charge in [-0.15, -0.1) is 24.0 Å². The molecule has 112 valence electrons. The summed E-state index contributed by atoms with van der Waals surface area (Å²) in [5, 5.41) is 5.79. The topological polar surface area (TPSA) is 79.5 Å². The van der Waals surface area contributed by atoms with Crippen LogP contribution < -0.4 is 16.4 Å². The molecule has 6 heteroatoms. The summed E-state index contributed by atoms with van der Waals surface area (Å²) in [5.74, 6) is 0.355. The molecule has 1 aromatic rings. The van der Waals surface area contributed by atoms with Crippen LogP contribution in [0.4, 0.5) is 5.69 Å². The minimum atomic E-state index is -0.377. The van der Waals surface area contributed by atoms with Gasteiger partial charge < -0.3 is 16.4 Å². The molecule has 0 atom stereocenters. The molecule has 0 aromatic heterocycles. The van der Waals surface area contributed by atoms with E-state index in [0.717, 1.165) is 5.69 Å². The summed E-state index contributed by atoms with van der Waals surface area (Å²) in [5.41, 5.74) is 6.25. The van der Waals surface area contributed by atoms with E-state index in [1.165, 1.54) is 0 Å². The van der Waals surface area contributed by atoms with Gasteiger partial charge in [0.15, 0.2) is 5.96 Å². The molecule has 0 aliphatic rings. The molecule has 20 heavy (non-hydrogen) atoms. The molecule has 0 aliphatic heterocycles. The zero-order chi connectivity index (χ0) is 14.3. The van der Waals surface area contributed by atoms with Crippen molar-refractivity contribution >= 4 is 41.5 Å². The molecule has 1 rings (SSSR count). The van der Waals surface area contributed by atoms with Crippen molar-refractivity contribution in [3.05, 3.63) is 30.3 Å². The van der Waals surface area contributed by atoms with Gasteiger partial charge in [-0.25, -0.2) is 0 Å². The van der Waals surface area contributed by atoms with Crippen LogP contribution in [0, 0.1) is 5.41 Å². The van der Waals surface area contributed by atoms with Crippen LogP contribution >= 0.6 is 24.0 Å². The lowest BCUT2D eigenvalue weighted by molar-refractivity contribution is -0.128. The molecule has 0 bridgehead atoms. The molecular formula is C14H23IN4O. The van der Waals surface area contributed by atoms with Crippen molar-refractivity contribution < 1.29 is 4.79 Å². The lowest BCUT2D eigenvalue weighted by Gasteiger charge is -2.17. The second kappa shape index (κ2) is 8.78. The fourth-order valence-corrected chi connectivity index (χ4v) is 1.32. The highest BCUT2D eigenvalue weighted by atomic mass is 127. The van der Waals surface area contributed by atoms with E-state index in [0.29, 0.717) is 19.0 Å². The molecule has 0 spiro atoms. The van der Waals surface area contributed by atoms with E-state index in [-0.39, 0.29) is 35.3 Å². The first kappa shape index (κ1) is 18.7. The van der Waals surface area contributed by atoms with Gasteiger partial charge in [-0.1, -0.05) is 39.0 Å². The van der Waals surface area contributed by atoms with Gasteiger partial charge in [0.25, 0.3) is 0 Å². The summed E-state index contributed by atoms with van der Waals surface area (Å²) in [6.45, 7) is 6.55. The SMILES string of the molecule is CC(C)(C)C(=O)NCCN=C(N)Nc1ccccc1.I. The second-order valence-corrected chi connectivity index (χ2v) is 5.26. The predicted octanol–water partition coefficient (Wildman–Crippen LogP) is 2.19. The second-order valence-electron chi connectivity index (χ2n) is 5.26. The third kappa shape index (κ3) is 7.32. The van der Waals surface area contributed by atoms with E-state index in [9.17, 15) is 4.79 Å². The van der Waals surface area contributed by atoms with Crippen LogP contribution in [0.15, 0.2) is 35.3 Å². The highest BCUT2D eigenvalue weighted by Crippen LogP contribution is 2.11. The Kier molecular flexibility index (Phi) is 8.21. The average molecular weight is 390 g/mol. The molecule has 0 saturated carbocycles. The number of amides is 1. The van der Waals surface area contributed by atoms with E-state index in [1.807, 2.05) is 51.1 Å². The molecule has 5 nitrogen and oxygen atoms in total. The molecule has 1 amide bonds. The first-order valence-corrected chi connectivity index (χ1v) is 6.30. The van der Waals surface area contributed by atoms with Crippen molar-refractivity contribution in [2.45, 2.75) is 20.8 Å². The van der Waals surface area contributed by atoms with Gasteiger partial charge in [-0.3, -0.25) is 9.79 Å². The fraction of sp³-hybridized carbons (Fsp3) is 0.429. The minimum absolute atomic E-state index is 0. The Morgan fingerprint density at radius 3 is 2.40 bits per heavy atom. The number of nitrogens with zero attached hydrogens (tertiary/aromatic N) is 1. The van der Waals surface area contributed by atoms with Gasteiger partial charge in [-0.05, 0) is 12.1 Å². The number of carbonyl (C=O) groups is 1. The van der Waals surface area contributed by atoms with Crippen molar-refractivity contribution in [1.29, 1.82) is 0 Å². The largest absolute Gasteiger partial charge is 0.370 e. The van der Waals surface area contributed by atoms with E-state index < -0.39 is 0 Å². The van der Waals surface area contributed by atoms with Gasteiger partial charge in [0.05, 0.1) is 6.54 Å². The quantitative estimate of drug-likeness (QED) is 0.319. The zero-order valence-electron chi connectivity index (χ0n) is 12.1. The molecule has 0 aliphatic carbocycles. The molecule has 4 N–H and O–H groups in total. The third-order valence-electron chi connectivity index (χ3n) is 2.41. The van der Waals surface area contributed by atoms with E-state index in [1.54, 1.807) is 0 Å². The van der Waals surface area contributed by atoms with Crippen LogP contribution in [-0.4, -0.2) is 25.0 Å². The number of nitrogens with one attached hydrogen (secondary N) is 2. The van der Waals surface area contributed by atoms with Crippen LogP contribution in [0.3, 0.4) is 0 Å². The highest BCUT2D eigenvalue weighted by molar-refractivity contribution is 14.0. The molecule has 0 saturated heterocycles. The molecule has 0 unspecified atom stereocenters. The summed E-state index contributed by atoms with van der Waals surface area (Å²) < 4.78 is 0. The summed E-state index contributed by atoms with van der Waals surface area (Å²) in [7, 11) is 0. The Labute approximate surface area is 137 Å². The van der Waals surface area contributed by atoms with Gasteiger partial charge in [0.1, 0.15) is 0 Å².